The van der Waals surface area contributed by atoms with E-state index in [1.165, 1.54) is 5.57 Å². The topological polar surface area (TPSA) is 125 Å². The maximum Gasteiger partial charge on any atom is 0.407 e. The van der Waals surface area contributed by atoms with E-state index in [4.69, 9.17) is 23.7 Å². The molecule has 1 amide bonds. The molecule has 1 fully saturated rings. The molecule has 0 unspecified atom stereocenters. The van der Waals surface area contributed by atoms with Crippen molar-refractivity contribution in [3.63, 3.8) is 0 Å². The van der Waals surface area contributed by atoms with Crippen LogP contribution in [0, 0.1) is 23.7 Å². The van der Waals surface area contributed by atoms with Crippen molar-refractivity contribution in [2.45, 2.75) is 64.3 Å². The fraction of sp³-hybridized carbons (Fsp3) is 0.647. The van der Waals surface area contributed by atoms with Gasteiger partial charge >= 0.3 is 12.1 Å². The summed E-state index contributed by atoms with van der Waals surface area (Å²) in [5.41, 5.74) is 2.29. The smallest absolute Gasteiger partial charge is 0.407 e. The Morgan fingerprint density at radius 2 is 1.66 bits per heavy atom. The zero-order valence-corrected chi connectivity index (χ0v) is 26.2. The number of rotatable bonds is 17. The monoisotopic (exact) mass is 614 g/mol. The standard InChI is InChI=1S/C34H50N2O8/c1-24-20-26-9-8-25(2)30(11-10-29-22-28(37)23-32(38)43-29)33(26)31(21-24)44-34(39)36-13-15-41-17-19-42-18-16-40-14-12-35-27-6-4-3-5-7-27/h3-9,20,24-25,28-31,33,35,37H,10-19,21-23H2,1-2H3,(H,36,39)/t24-,25-,28+,29+,30-,31-,33-/m0/s1. The molecule has 0 spiro atoms. The first-order valence-corrected chi connectivity index (χ1v) is 16.1. The van der Waals surface area contributed by atoms with Gasteiger partial charge in [0.25, 0.3) is 0 Å². The van der Waals surface area contributed by atoms with E-state index in [1.54, 1.807) is 0 Å². The summed E-state index contributed by atoms with van der Waals surface area (Å²) in [6.45, 7) is 8.30. The van der Waals surface area contributed by atoms with Gasteiger partial charge in [0, 0.05) is 31.1 Å². The number of allylic oxidation sites excluding steroid dienone is 3. The zero-order valence-electron chi connectivity index (χ0n) is 26.2. The van der Waals surface area contributed by atoms with Crippen LogP contribution in [0.25, 0.3) is 0 Å². The molecule has 3 N–H and O–H groups in total. The highest BCUT2D eigenvalue weighted by Gasteiger charge is 2.42. The molecule has 7 atom stereocenters. The summed E-state index contributed by atoms with van der Waals surface area (Å²) in [6.07, 6.45) is 7.91. The van der Waals surface area contributed by atoms with E-state index < -0.39 is 12.2 Å². The van der Waals surface area contributed by atoms with E-state index >= 15 is 0 Å². The van der Waals surface area contributed by atoms with Gasteiger partial charge in [-0.05, 0) is 54.7 Å². The van der Waals surface area contributed by atoms with Gasteiger partial charge in [0.05, 0.1) is 52.2 Å². The molecule has 1 aromatic rings. The van der Waals surface area contributed by atoms with Gasteiger partial charge in [-0.25, -0.2) is 4.79 Å². The first-order valence-electron chi connectivity index (χ1n) is 16.1. The fourth-order valence-corrected chi connectivity index (χ4v) is 6.41. The molecule has 1 heterocycles. The van der Waals surface area contributed by atoms with Crippen LogP contribution in [0.1, 0.15) is 46.0 Å². The van der Waals surface area contributed by atoms with Crippen LogP contribution in [0.15, 0.2) is 54.1 Å². The molecule has 3 aliphatic rings. The second kappa shape index (κ2) is 18.1. The van der Waals surface area contributed by atoms with E-state index in [9.17, 15) is 14.7 Å². The number of hydrogen-bond acceptors (Lipinski definition) is 9. The van der Waals surface area contributed by atoms with Gasteiger partial charge in [-0.3, -0.25) is 4.79 Å². The Kier molecular flexibility index (Phi) is 14.0. The van der Waals surface area contributed by atoms with Crippen LogP contribution in [0.4, 0.5) is 10.5 Å². The molecular weight excluding hydrogens is 564 g/mol. The molecule has 2 aliphatic carbocycles. The number of ether oxygens (including phenoxy) is 5. The number of carbonyl (C=O) groups excluding carboxylic acids is 2. The third kappa shape index (κ3) is 11.2. The highest BCUT2D eigenvalue weighted by atomic mass is 16.6. The van der Waals surface area contributed by atoms with Crippen molar-refractivity contribution in [2.24, 2.45) is 23.7 Å². The Morgan fingerprint density at radius 1 is 0.955 bits per heavy atom. The highest BCUT2D eigenvalue weighted by Crippen LogP contribution is 2.45. The number of nitrogens with one attached hydrogen (secondary N) is 2. The molecule has 4 rings (SSSR count). The number of para-hydroxylation sites is 1. The van der Waals surface area contributed by atoms with Crippen molar-refractivity contribution in [1.82, 2.24) is 5.32 Å². The van der Waals surface area contributed by atoms with Crippen molar-refractivity contribution in [3.05, 3.63) is 54.1 Å². The van der Waals surface area contributed by atoms with E-state index in [2.05, 4.69) is 42.7 Å². The number of esters is 1. The molecule has 0 aromatic heterocycles. The Balaban J connectivity index is 1.08. The van der Waals surface area contributed by atoms with E-state index in [1.807, 2.05) is 30.3 Å². The fourth-order valence-electron chi connectivity index (χ4n) is 6.41. The van der Waals surface area contributed by atoms with Crippen molar-refractivity contribution in [3.8, 4) is 0 Å². The van der Waals surface area contributed by atoms with Crippen LogP contribution in [-0.4, -0.2) is 88.2 Å². The SMILES string of the molecule is C[C@H]1C=C2C=C[C@H](C)[C@H](CC[C@@H]3C[C@@H](O)CC(=O)O3)[C@H]2[C@@H](OC(=O)NCCOCCOCCOCCNc2ccccc2)C1. The largest absolute Gasteiger partial charge is 0.462 e. The molecule has 0 radical (unpaired) electrons. The summed E-state index contributed by atoms with van der Waals surface area (Å²) in [5.74, 6) is 0.586. The lowest BCUT2D eigenvalue weighted by molar-refractivity contribution is -0.160. The predicted molar refractivity (Wildman–Crippen MR) is 167 cm³/mol. The first-order chi connectivity index (χ1) is 21.4. The number of anilines is 1. The van der Waals surface area contributed by atoms with Crippen molar-refractivity contribution >= 4 is 17.7 Å². The second-order valence-electron chi connectivity index (χ2n) is 12.1. The molecule has 1 aliphatic heterocycles. The zero-order chi connectivity index (χ0) is 31.1. The number of aliphatic hydroxyl groups is 1. The molecule has 10 nitrogen and oxygen atoms in total. The van der Waals surface area contributed by atoms with E-state index in [0.717, 1.165) is 25.1 Å². The number of hydrogen-bond donors (Lipinski definition) is 3. The van der Waals surface area contributed by atoms with Gasteiger partial charge in [-0.1, -0.05) is 50.3 Å². The number of alkyl carbamates (subject to hydrolysis) is 1. The van der Waals surface area contributed by atoms with Gasteiger partial charge in [-0.2, -0.15) is 0 Å². The summed E-state index contributed by atoms with van der Waals surface area (Å²) in [4.78, 5) is 24.6. The lowest BCUT2D eigenvalue weighted by Crippen LogP contribution is -2.43. The number of cyclic esters (lactones) is 1. The predicted octanol–water partition coefficient (Wildman–Crippen LogP) is 4.49. The lowest BCUT2D eigenvalue weighted by Gasteiger charge is -2.43. The molecule has 0 bridgehead atoms. The molecule has 10 heteroatoms. The van der Waals surface area contributed by atoms with Gasteiger partial charge in [0.1, 0.15) is 12.2 Å². The molecule has 44 heavy (non-hydrogen) atoms. The normalized spacial score (nSPS) is 28.0. The molecular formula is C34H50N2O8. The van der Waals surface area contributed by atoms with E-state index in [0.29, 0.717) is 70.9 Å². The molecule has 1 saturated heterocycles. The van der Waals surface area contributed by atoms with Gasteiger partial charge in [0.15, 0.2) is 0 Å². The summed E-state index contributed by atoms with van der Waals surface area (Å²) >= 11 is 0. The van der Waals surface area contributed by atoms with Gasteiger partial charge < -0.3 is 39.4 Å². The number of benzene rings is 1. The number of fused-ring (bicyclic) bond motifs is 1. The molecule has 0 saturated carbocycles. The van der Waals surface area contributed by atoms with Crippen LogP contribution >= 0.6 is 0 Å². The third-order valence-electron chi connectivity index (χ3n) is 8.52. The Bertz CT molecular complexity index is 1080. The van der Waals surface area contributed by atoms with Gasteiger partial charge in [-0.15, -0.1) is 0 Å². The second-order valence-corrected chi connectivity index (χ2v) is 12.1. The average Bonchev–Trinajstić information content (AvgIpc) is 2.99. The minimum absolute atomic E-state index is 0.0696. The number of amides is 1. The third-order valence-corrected chi connectivity index (χ3v) is 8.52. The summed E-state index contributed by atoms with van der Waals surface area (Å²) in [5, 5.41) is 16.1. The highest BCUT2D eigenvalue weighted by molar-refractivity contribution is 5.71. The van der Waals surface area contributed by atoms with Gasteiger partial charge in [0.2, 0.25) is 0 Å². The first kappa shape index (κ1) is 34.0. The average molecular weight is 615 g/mol. The summed E-state index contributed by atoms with van der Waals surface area (Å²) < 4.78 is 28.2. The van der Waals surface area contributed by atoms with Crippen LogP contribution in [0.5, 0.6) is 0 Å². The number of carbonyl (C=O) groups is 2. The summed E-state index contributed by atoms with van der Waals surface area (Å²) in [6, 6.07) is 10.0. The Morgan fingerprint density at radius 3 is 2.39 bits per heavy atom. The van der Waals surface area contributed by atoms with Crippen LogP contribution < -0.4 is 10.6 Å². The Hall–Kier alpha value is -2.92. The van der Waals surface area contributed by atoms with E-state index in [-0.39, 0.29) is 36.4 Å². The maximum atomic E-state index is 12.8. The quantitative estimate of drug-likeness (QED) is 0.172. The van der Waals surface area contributed by atoms with Crippen molar-refractivity contribution < 1.29 is 38.4 Å². The van der Waals surface area contributed by atoms with Crippen LogP contribution in [0.3, 0.4) is 0 Å². The van der Waals surface area contributed by atoms with Crippen molar-refractivity contribution in [1.29, 1.82) is 0 Å². The van der Waals surface area contributed by atoms with Crippen LogP contribution in [-0.2, 0) is 28.5 Å². The maximum absolute atomic E-state index is 12.8. The molecule has 244 valence electrons. The van der Waals surface area contributed by atoms with Crippen molar-refractivity contribution in [2.75, 3.05) is 58.0 Å². The lowest BCUT2D eigenvalue weighted by atomic mass is 9.65. The Labute approximate surface area is 261 Å². The van der Waals surface area contributed by atoms with Crippen LogP contribution in [0.2, 0.25) is 0 Å². The summed E-state index contributed by atoms with van der Waals surface area (Å²) in [7, 11) is 0. The number of aliphatic hydroxyl groups excluding tert-OH is 1. The minimum atomic E-state index is -0.634. The minimum Gasteiger partial charge on any atom is -0.462 e. The molecule has 1 aromatic carbocycles.